The smallest absolute Gasteiger partial charge is 0.305 e. The molecule has 0 aliphatic rings. The Kier molecular flexibility index (Phi) is 9.10. The largest absolute Gasteiger partial charge is 0.481 e. The summed E-state index contributed by atoms with van der Waals surface area (Å²) in [5.41, 5.74) is 3.96. The van der Waals surface area contributed by atoms with Crippen molar-refractivity contribution in [2.45, 2.75) is 19.4 Å². The zero-order valence-corrected chi connectivity index (χ0v) is 21.2. The van der Waals surface area contributed by atoms with Gasteiger partial charge >= 0.3 is 5.97 Å². The van der Waals surface area contributed by atoms with E-state index in [2.05, 4.69) is 27.8 Å². The lowest BCUT2D eigenvalue weighted by Gasteiger charge is -2.08. The second kappa shape index (κ2) is 12.0. The number of carboxylic acid groups (broad SMARTS) is 1. The highest BCUT2D eigenvalue weighted by molar-refractivity contribution is 9.11. The summed E-state index contributed by atoms with van der Waals surface area (Å²) in [6.07, 6.45) is 4.38. The minimum Gasteiger partial charge on any atom is -0.481 e. The molecule has 1 amide bonds. The van der Waals surface area contributed by atoms with E-state index in [0.29, 0.717) is 28.6 Å². The molecule has 9 heteroatoms. The molecule has 0 aliphatic heterocycles. The van der Waals surface area contributed by atoms with Gasteiger partial charge in [0.2, 0.25) is 0 Å². The molecule has 0 aliphatic carbocycles. The molecule has 2 aromatic carbocycles. The molecule has 0 saturated carbocycles. The first-order valence-electron chi connectivity index (χ1n) is 10.3. The van der Waals surface area contributed by atoms with Crippen LogP contribution >= 0.6 is 39.1 Å². The van der Waals surface area contributed by atoms with Gasteiger partial charge < -0.3 is 10.4 Å². The van der Waals surface area contributed by atoms with Crippen LogP contribution in [0.3, 0.4) is 0 Å². The van der Waals surface area contributed by atoms with E-state index in [1.54, 1.807) is 18.2 Å². The molecule has 0 bridgehead atoms. The molecule has 3 rings (SSSR count). The zero-order chi connectivity index (χ0) is 24.7. The predicted octanol–water partition coefficient (Wildman–Crippen LogP) is 6.12. The van der Waals surface area contributed by atoms with Crippen LogP contribution in [0, 0.1) is 0 Å². The van der Waals surface area contributed by atoms with E-state index in [0.717, 1.165) is 27.0 Å². The second-order valence-electron chi connectivity index (χ2n) is 7.49. The van der Waals surface area contributed by atoms with Crippen LogP contribution < -0.4 is 5.32 Å². The molecule has 0 fully saturated rings. The summed E-state index contributed by atoms with van der Waals surface area (Å²) in [6.45, 7) is 4.39. The third-order valence-electron chi connectivity index (χ3n) is 4.82. The van der Waals surface area contributed by atoms with Crippen LogP contribution in [0.25, 0.3) is 11.3 Å². The number of rotatable bonds is 10. The molecular weight excluding hydrogens is 541 g/mol. The lowest BCUT2D eigenvalue weighted by Crippen LogP contribution is -2.25. The average Bonchev–Trinajstić information content (AvgIpc) is 3.15. The summed E-state index contributed by atoms with van der Waals surface area (Å²) in [6, 6.07) is 14.4. The Morgan fingerprint density at radius 3 is 2.41 bits per heavy atom. The Balaban J connectivity index is 1.81. The maximum Gasteiger partial charge on any atom is 0.305 e. The molecule has 0 saturated heterocycles. The number of aromatic nitrogens is 2. The summed E-state index contributed by atoms with van der Waals surface area (Å²) < 4.78 is 2.67. The molecular formula is C25H22BrCl2N3O3. The number of nitrogens with one attached hydrogen (secondary N) is 1. The maximum atomic E-state index is 12.2. The minimum atomic E-state index is -0.958. The first-order chi connectivity index (χ1) is 16.2. The molecule has 176 valence electrons. The van der Waals surface area contributed by atoms with Gasteiger partial charge in [0.05, 0.1) is 18.7 Å². The lowest BCUT2D eigenvalue weighted by atomic mass is 10.1. The van der Waals surface area contributed by atoms with E-state index in [9.17, 15) is 9.59 Å². The summed E-state index contributed by atoms with van der Waals surface area (Å²) in [7, 11) is 0. The van der Waals surface area contributed by atoms with Gasteiger partial charge in [-0.05, 0) is 42.0 Å². The molecule has 0 unspecified atom stereocenters. The van der Waals surface area contributed by atoms with Gasteiger partial charge in [0.15, 0.2) is 0 Å². The number of amides is 1. The second-order valence-corrected chi connectivity index (χ2v) is 9.38. The fourth-order valence-corrected chi connectivity index (χ4v) is 3.94. The Morgan fingerprint density at radius 2 is 1.79 bits per heavy atom. The van der Waals surface area contributed by atoms with Crippen molar-refractivity contribution in [2.75, 3.05) is 6.54 Å². The highest BCUT2D eigenvalue weighted by Crippen LogP contribution is 2.27. The van der Waals surface area contributed by atoms with Crippen molar-refractivity contribution in [3.63, 3.8) is 0 Å². The van der Waals surface area contributed by atoms with Gasteiger partial charge in [-0.2, -0.15) is 5.10 Å². The average molecular weight is 563 g/mol. The van der Waals surface area contributed by atoms with Gasteiger partial charge in [-0.1, -0.05) is 70.0 Å². The topological polar surface area (TPSA) is 84.2 Å². The molecule has 1 aromatic heterocycles. The van der Waals surface area contributed by atoms with E-state index in [-0.39, 0.29) is 18.9 Å². The van der Waals surface area contributed by atoms with Gasteiger partial charge in [-0.3, -0.25) is 14.3 Å². The number of halogens is 3. The molecule has 34 heavy (non-hydrogen) atoms. The van der Waals surface area contributed by atoms with Gasteiger partial charge in [0.25, 0.3) is 5.91 Å². The van der Waals surface area contributed by atoms with E-state index in [1.165, 1.54) is 0 Å². The van der Waals surface area contributed by atoms with Crippen LogP contribution in [-0.4, -0.2) is 33.3 Å². The number of benzene rings is 2. The molecule has 0 radical (unpaired) electrons. The first kappa shape index (κ1) is 25.7. The molecule has 0 atom stereocenters. The number of carbonyl (C=O) groups excluding carboxylic acids is 1. The number of aliphatic carboxylic acids is 1. The van der Waals surface area contributed by atoms with Crippen LogP contribution in [0.5, 0.6) is 0 Å². The van der Waals surface area contributed by atoms with Crippen LogP contribution in [0.2, 0.25) is 10.0 Å². The third-order valence-corrected chi connectivity index (χ3v) is 5.52. The number of carbonyl (C=O) groups is 2. The number of hydrogen-bond donors (Lipinski definition) is 2. The normalized spacial score (nSPS) is 11.0. The Hall–Kier alpha value is -2.87. The molecule has 2 N–H and O–H groups in total. The van der Waals surface area contributed by atoms with Crippen LogP contribution in [-0.2, 0) is 17.8 Å². The third kappa shape index (κ3) is 7.58. The zero-order valence-electron chi connectivity index (χ0n) is 18.1. The van der Waals surface area contributed by atoms with Crippen molar-refractivity contribution < 1.29 is 14.7 Å². The minimum absolute atomic E-state index is 0.0806. The number of nitrogens with zero attached hydrogens (tertiary/aromatic N) is 2. The number of carboxylic acids is 1. The van der Waals surface area contributed by atoms with E-state index < -0.39 is 5.97 Å². The van der Waals surface area contributed by atoms with E-state index in [4.69, 9.17) is 33.4 Å². The SMILES string of the molecule is C=C(Br)/C=C\Cc1cc(-c2cc(Cl)cc(Cl)c2)nn1Cc1ccc(C(=O)NCCC(=O)O)cc1. The van der Waals surface area contributed by atoms with Gasteiger partial charge in [-0.25, -0.2) is 0 Å². The molecule has 1 heterocycles. The molecule has 3 aromatic rings. The van der Waals surface area contributed by atoms with Gasteiger partial charge in [0.1, 0.15) is 0 Å². The van der Waals surface area contributed by atoms with Crippen molar-refractivity contribution in [2.24, 2.45) is 0 Å². The quantitative estimate of drug-likeness (QED) is 0.292. The fraction of sp³-hybridized carbons (Fsp3) is 0.160. The Bertz CT molecular complexity index is 1220. The summed E-state index contributed by atoms with van der Waals surface area (Å²) in [5, 5.41) is 17.1. The monoisotopic (exact) mass is 561 g/mol. The van der Waals surface area contributed by atoms with Crippen LogP contribution in [0.15, 0.2) is 71.7 Å². The summed E-state index contributed by atoms with van der Waals surface area (Å²) in [4.78, 5) is 22.8. The van der Waals surface area contributed by atoms with Crippen molar-refractivity contribution in [1.82, 2.24) is 15.1 Å². The molecule has 6 nitrogen and oxygen atoms in total. The van der Waals surface area contributed by atoms with Gasteiger partial charge in [0, 0.05) is 44.3 Å². The summed E-state index contributed by atoms with van der Waals surface area (Å²) >= 11 is 15.7. The number of allylic oxidation sites excluding steroid dienone is 3. The highest BCUT2D eigenvalue weighted by Gasteiger charge is 2.12. The molecule has 0 spiro atoms. The maximum absolute atomic E-state index is 12.2. The fourth-order valence-electron chi connectivity index (χ4n) is 3.23. The van der Waals surface area contributed by atoms with Crippen LogP contribution in [0.4, 0.5) is 0 Å². The lowest BCUT2D eigenvalue weighted by molar-refractivity contribution is -0.136. The van der Waals surface area contributed by atoms with Crippen LogP contribution in [0.1, 0.15) is 28.0 Å². The van der Waals surface area contributed by atoms with Gasteiger partial charge in [-0.15, -0.1) is 0 Å². The summed E-state index contributed by atoms with van der Waals surface area (Å²) in [5.74, 6) is -1.27. The number of hydrogen-bond acceptors (Lipinski definition) is 3. The van der Waals surface area contributed by atoms with E-state index in [1.807, 2.05) is 47.2 Å². The first-order valence-corrected chi connectivity index (χ1v) is 11.9. The Morgan fingerprint density at radius 1 is 1.12 bits per heavy atom. The highest BCUT2D eigenvalue weighted by atomic mass is 79.9. The Labute approximate surface area is 216 Å². The van der Waals surface area contributed by atoms with Crippen molar-refractivity contribution >= 4 is 51.0 Å². The van der Waals surface area contributed by atoms with E-state index >= 15 is 0 Å². The predicted molar refractivity (Wildman–Crippen MR) is 139 cm³/mol. The standard InChI is InChI=1S/C25H22BrCl2N3O3/c1-16(26)3-2-4-22-14-23(19-11-20(27)13-21(28)12-19)30-31(22)15-17-5-7-18(8-6-17)25(34)29-10-9-24(32)33/h2-3,5-8,11-14H,1,4,9-10,15H2,(H,29,34)(H,32,33)/b3-2-. The van der Waals surface area contributed by atoms with Crippen molar-refractivity contribution in [3.05, 3.63) is 98.6 Å². The van der Waals surface area contributed by atoms with Crippen molar-refractivity contribution in [3.8, 4) is 11.3 Å². The van der Waals surface area contributed by atoms with Crippen molar-refractivity contribution in [1.29, 1.82) is 0 Å².